The van der Waals surface area contributed by atoms with Crippen molar-refractivity contribution in [2.45, 2.75) is 45.2 Å². The van der Waals surface area contributed by atoms with Gasteiger partial charge in [0.25, 0.3) is 0 Å². The number of carbonyl (C=O) groups excluding carboxylic acids is 1. The summed E-state index contributed by atoms with van der Waals surface area (Å²) in [6.07, 6.45) is 2.71. The van der Waals surface area contributed by atoms with E-state index in [9.17, 15) is 4.79 Å². The van der Waals surface area contributed by atoms with Crippen molar-refractivity contribution in [2.24, 2.45) is 0 Å². The van der Waals surface area contributed by atoms with E-state index in [1.807, 2.05) is 13.0 Å². The third-order valence-electron chi connectivity index (χ3n) is 4.36. The number of carbonyl (C=O) groups is 1. The summed E-state index contributed by atoms with van der Waals surface area (Å²) in [5.74, 6) is 0. The highest BCUT2D eigenvalue weighted by molar-refractivity contribution is 7.18. The van der Waals surface area contributed by atoms with E-state index in [2.05, 4.69) is 30.4 Å². The summed E-state index contributed by atoms with van der Waals surface area (Å²) >= 11 is 1.78. The molecule has 3 rings (SSSR count). The number of thiazole rings is 1. The Kier molecular flexibility index (Phi) is 5.68. The second-order valence-corrected chi connectivity index (χ2v) is 7.42. The number of ether oxygens (including phenoxy) is 1. The Morgan fingerprint density at radius 2 is 2.17 bits per heavy atom. The Labute approximate surface area is 147 Å². The summed E-state index contributed by atoms with van der Waals surface area (Å²) in [5, 5.41) is 4.87. The van der Waals surface area contributed by atoms with E-state index in [0.29, 0.717) is 18.7 Å². The van der Waals surface area contributed by atoms with Gasteiger partial charge in [0.15, 0.2) is 0 Å². The van der Waals surface area contributed by atoms with Gasteiger partial charge in [0.1, 0.15) is 0 Å². The first-order chi connectivity index (χ1) is 11.7. The summed E-state index contributed by atoms with van der Waals surface area (Å²) in [6, 6.07) is 9.12. The van der Waals surface area contributed by atoms with Gasteiger partial charge in [0.2, 0.25) is 0 Å². The minimum atomic E-state index is -0.182. The maximum Gasteiger partial charge on any atom is 0.409 e. The second-order valence-electron chi connectivity index (χ2n) is 6.31. The minimum Gasteiger partial charge on any atom is -0.450 e. The zero-order chi connectivity index (χ0) is 16.9. The van der Waals surface area contributed by atoms with Gasteiger partial charge in [-0.05, 0) is 38.8 Å². The highest BCUT2D eigenvalue weighted by atomic mass is 32.1. The van der Waals surface area contributed by atoms with Gasteiger partial charge < -0.3 is 15.0 Å². The first-order valence-corrected chi connectivity index (χ1v) is 9.49. The maximum atomic E-state index is 11.7. The average molecular weight is 347 g/mol. The number of nitrogens with zero attached hydrogens (tertiary/aromatic N) is 2. The van der Waals surface area contributed by atoms with E-state index in [0.717, 1.165) is 37.9 Å². The van der Waals surface area contributed by atoms with Crippen LogP contribution in [0.25, 0.3) is 10.2 Å². The second kappa shape index (κ2) is 7.94. The largest absolute Gasteiger partial charge is 0.450 e. The van der Waals surface area contributed by atoms with Gasteiger partial charge >= 0.3 is 6.09 Å². The van der Waals surface area contributed by atoms with Crippen LogP contribution in [0.2, 0.25) is 0 Å². The van der Waals surface area contributed by atoms with Gasteiger partial charge in [-0.25, -0.2) is 9.78 Å². The van der Waals surface area contributed by atoms with E-state index in [4.69, 9.17) is 9.72 Å². The van der Waals surface area contributed by atoms with Crippen LogP contribution in [0.1, 0.15) is 31.7 Å². The Balaban J connectivity index is 1.47. The Bertz CT molecular complexity index is 647. The molecule has 1 saturated heterocycles. The fourth-order valence-electron chi connectivity index (χ4n) is 3.17. The highest BCUT2D eigenvalue weighted by Gasteiger charge is 2.24. The van der Waals surface area contributed by atoms with Crippen molar-refractivity contribution in [1.29, 1.82) is 0 Å². The molecule has 1 N–H and O–H groups in total. The molecule has 1 aromatic heterocycles. The predicted octanol–water partition coefficient (Wildman–Crippen LogP) is 3.44. The van der Waals surface area contributed by atoms with Crippen molar-refractivity contribution in [1.82, 2.24) is 15.2 Å². The molecule has 1 fully saturated rings. The summed E-state index contributed by atoms with van der Waals surface area (Å²) in [6.45, 7) is 6.03. The fraction of sp³-hybridized carbons (Fsp3) is 0.556. The first-order valence-electron chi connectivity index (χ1n) is 8.68. The minimum absolute atomic E-state index is 0.182. The lowest BCUT2D eigenvalue weighted by Gasteiger charge is -2.33. The van der Waals surface area contributed by atoms with Crippen molar-refractivity contribution in [3.8, 4) is 0 Å². The number of aromatic nitrogens is 1. The molecule has 0 radical (unpaired) electrons. The number of amides is 1. The van der Waals surface area contributed by atoms with Crippen LogP contribution in [-0.4, -0.2) is 47.8 Å². The van der Waals surface area contributed by atoms with Crippen LogP contribution in [0.4, 0.5) is 4.79 Å². The van der Waals surface area contributed by atoms with E-state index in [1.165, 1.54) is 9.71 Å². The normalized spacial score (nSPS) is 17.2. The number of piperidine rings is 1. The summed E-state index contributed by atoms with van der Waals surface area (Å²) < 4.78 is 6.32. The monoisotopic (exact) mass is 347 g/mol. The van der Waals surface area contributed by atoms with Crippen molar-refractivity contribution in [3.05, 3.63) is 29.3 Å². The smallest absolute Gasteiger partial charge is 0.409 e. The topological polar surface area (TPSA) is 54.5 Å². The Morgan fingerprint density at radius 1 is 1.42 bits per heavy atom. The number of likely N-dealkylation sites (tertiary alicyclic amines) is 1. The van der Waals surface area contributed by atoms with Crippen LogP contribution in [0.5, 0.6) is 0 Å². The molecule has 1 aliphatic rings. The molecular formula is C18H25N3O2S. The zero-order valence-corrected chi connectivity index (χ0v) is 15.1. The lowest BCUT2D eigenvalue weighted by atomic mass is 10.0. The standard InChI is InChI=1S/C18H25N3O2S/c1-3-23-18(22)21-10-8-14(9-11-21)19-13(2)12-17-20-15-6-4-5-7-16(15)24-17/h4-7,13-14,19H,3,8-12H2,1-2H3/t13-/m1/s1. The molecule has 0 aliphatic carbocycles. The fourth-order valence-corrected chi connectivity index (χ4v) is 4.27. The first kappa shape index (κ1) is 17.2. The van der Waals surface area contributed by atoms with Crippen LogP contribution >= 0.6 is 11.3 Å². The maximum absolute atomic E-state index is 11.7. The van der Waals surface area contributed by atoms with Gasteiger partial charge in [-0.1, -0.05) is 12.1 Å². The van der Waals surface area contributed by atoms with Gasteiger partial charge in [-0.15, -0.1) is 11.3 Å². The van der Waals surface area contributed by atoms with Crippen molar-refractivity contribution >= 4 is 27.6 Å². The molecule has 6 heteroatoms. The average Bonchev–Trinajstić information content (AvgIpc) is 2.97. The van der Waals surface area contributed by atoms with Crippen LogP contribution in [-0.2, 0) is 11.2 Å². The SMILES string of the molecule is CCOC(=O)N1CCC(N[C@H](C)Cc2nc3ccccc3s2)CC1. The molecule has 1 amide bonds. The Hall–Kier alpha value is -1.66. The molecule has 5 nitrogen and oxygen atoms in total. The molecule has 1 aromatic carbocycles. The molecule has 1 aliphatic heterocycles. The number of rotatable bonds is 5. The van der Waals surface area contributed by atoms with Gasteiger partial charge in [-0.2, -0.15) is 0 Å². The molecule has 0 bridgehead atoms. The van der Waals surface area contributed by atoms with Gasteiger partial charge in [0, 0.05) is 31.6 Å². The van der Waals surface area contributed by atoms with E-state index in [1.54, 1.807) is 16.2 Å². The van der Waals surface area contributed by atoms with Crippen LogP contribution in [0, 0.1) is 0 Å². The summed E-state index contributed by atoms with van der Waals surface area (Å²) in [5.41, 5.74) is 1.09. The molecule has 2 aromatic rings. The zero-order valence-electron chi connectivity index (χ0n) is 14.3. The number of hydrogen-bond acceptors (Lipinski definition) is 5. The number of nitrogens with one attached hydrogen (secondary N) is 1. The third kappa shape index (κ3) is 4.24. The molecule has 0 unspecified atom stereocenters. The van der Waals surface area contributed by atoms with Crippen molar-refractivity contribution in [2.75, 3.05) is 19.7 Å². The predicted molar refractivity (Wildman–Crippen MR) is 97.5 cm³/mol. The third-order valence-corrected chi connectivity index (χ3v) is 5.42. The number of hydrogen-bond donors (Lipinski definition) is 1. The van der Waals surface area contributed by atoms with E-state index < -0.39 is 0 Å². The quantitative estimate of drug-likeness (QED) is 0.900. The summed E-state index contributed by atoms with van der Waals surface area (Å²) in [7, 11) is 0. The lowest BCUT2D eigenvalue weighted by molar-refractivity contribution is 0.0944. The van der Waals surface area contributed by atoms with Crippen LogP contribution < -0.4 is 5.32 Å². The van der Waals surface area contributed by atoms with E-state index >= 15 is 0 Å². The van der Waals surface area contributed by atoms with Crippen LogP contribution in [0.3, 0.4) is 0 Å². The highest BCUT2D eigenvalue weighted by Crippen LogP contribution is 2.22. The lowest BCUT2D eigenvalue weighted by Crippen LogP contribution is -2.47. The van der Waals surface area contributed by atoms with E-state index in [-0.39, 0.29) is 6.09 Å². The van der Waals surface area contributed by atoms with Crippen LogP contribution in [0.15, 0.2) is 24.3 Å². The molecule has 2 heterocycles. The number of para-hydroxylation sites is 1. The van der Waals surface area contributed by atoms with Gasteiger partial charge in [0.05, 0.1) is 21.8 Å². The molecule has 130 valence electrons. The van der Waals surface area contributed by atoms with Crippen molar-refractivity contribution < 1.29 is 9.53 Å². The molecule has 0 saturated carbocycles. The number of benzene rings is 1. The van der Waals surface area contributed by atoms with Gasteiger partial charge in [-0.3, -0.25) is 0 Å². The molecule has 0 spiro atoms. The molecule has 1 atom stereocenters. The summed E-state index contributed by atoms with van der Waals surface area (Å²) in [4.78, 5) is 18.2. The number of fused-ring (bicyclic) bond motifs is 1. The molecular weight excluding hydrogens is 322 g/mol. The van der Waals surface area contributed by atoms with Crippen molar-refractivity contribution in [3.63, 3.8) is 0 Å². The molecule has 24 heavy (non-hydrogen) atoms. The Morgan fingerprint density at radius 3 is 2.88 bits per heavy atom.